The molecule has 0 saturated heterocycles. The molecule has 1 aromatic carbocycles. The van der Waals surface area contributed by atoms with Gasteiger partial charge < -0.3 is 26.8 Å². The summed E-state index contributed by atoms with van der Waals surface area (Å²) in [6, 6.07) is 7.56. The number of nitrogens with zero attached hydrogens (tertiary/aromatic N) is 1. The van der Waals surface area contributed by atoms with Crippen LogP contribution in [-0.2, 0) is 4.79 Å². The Labute approximate surface area is 152 Å². The lowest BCUT2D eigenvalue weighted by Gasteiger charge is -2.17. The number of hydrogen-bond donors (Lipinski definition) is 4. The highest BCUT2D eigenvalue weighted by Gasteiger charge is 2.26. The van der Waals surface area contributed by atoms with E-state index in [2.05, 4.69) is 15.6 Å². The van der Waals surface area contributed by atoms with Crippen LogP contribution < -0.4 is 26.8 Å². The van der Waals surface area contributed by atoms with Crippen molar-refractivity contribution in [1.29, 1.82) is 0 Å². The van der Waals surface area contributed by atoms with E-state index in [0.29, 0.717) is 22.7 Å². The number of nitrogens with one attached hydrogen (secondary N) is 2. The van der Waals surface area contributed by atoms with Crippen LogP contribution in [0, 0.1) is 0 Å². The molecule has 1 aliphatic carbocycles. The van der Waals surface area contributed by atoms with Crippen LogP contribution in [0.5, 0.6) is 5.75 Å². The van der Waals surface area contributed by atoms with Crippen LogP contribution in [0.3, 0.4) is 0 Å². The highest BCUT2D eigenvalue weighted by atomic mass is 16.5. The van der Waals surface area contributed by atoms with Crippen LogP contribution in [0.1, 0.15) is 18.4 Å². The molecule has 26 heavy (non-hydrogen) atoms. The van der Waals surface area contributed by atoms with E-state index in [1.165, 1.54) is 0 Å². The first-order chi connectivity index (χ1) is 12.6. The average Bonchev–Trinajstić information content (AvgIpc) is 3.47. The number of nitrogens with two attached hydrogens (primary N) is 2. The van der Waals surface area contributed by atoms with Gasteiger partial charge in [-0.3, -0.25) is 9.78 Å². The Morgan fingerprint density at radius 2 is 2.04 bits per heavy atom. The summed E-state index contributed by atoms with van der Waals surface area (Å²) in [6.45, 7) is 0. The van der Waals surface area contributed by atoms with E-state index in [0.717, 1.165) is 24.0 Å². The van der Waals surface area contributed by atoms with Gasteiger partial charge >= 0.3 is 0 Å². The number of carbonyl (C=O) groups excluding carboxylic acids is 1. The smallest absolute Gasteiger partial charge is 0.269 e. The highest BCUT2D eigenvalue weighted by Crippen LogP contribution is 2.36. The van der Waals surface area contributed by atoms with Crippen LogP contribution >= 0.6 is 0 Å². The van der Waals surface area contributed by atoms with E-state index in [1.54, 1.807) is 32.6 Å². The maximum atomic E-state index is 12.3. The summed E-state index contributed by atoms with van der Waals surface area (Å²) in [4.78, 5) is 16.5. The SMILES string of the molecule is CN/C(=C(/N)C(=O)NC1CC1)c1cccc(-c2cnccc2OC)c1N. The maximum absolute atomic E-state index is 12.3. The number of hydrogen-bond acceptors (Lipinski definition) is 6. The summed E-state index contributed by atoms with van der Waals surface area (Å²) in [5, 5.41) is 5.90. The second-order valence-electron chi connectivity index (χ2n) is 6.13. The van der Waals surface area contributed by atoms with Gasteiger partial charge in [0.25, 0.3) is 5.91 Å². The molecule has 1 saturated carbocycles. The van der Waals surface area contributed by atoms with Gasteiger partial charge in [0.2, 0.25) is 0 Å². The molecule has 1 aromatic heterocycles. The number of methoxy groups -OCH3 is 1. The Kier molecular flexibility index (Phi) is 4.97. The summed E-state index contributed by atoms with van der Waals surface area (Å²) in [5.41, 5.74) is 15.8. The molecule has 3 rings (SSSR count). The predicted molar refractivity (Wildman–Crippen MR) is 102 cm³/mol. The molecule has 136 valence electrons. The molecule has 0 atom stereocenters. The van der Waals surface area contributed by atoms with E-state index < -0.39 is 0 Å². The van der Waals surface area contributed by atoms with Gasteiger partial charge in [-0.15, -0.1) is 0 Å². The van der Waals surface area contributed by atoms with Crippen molar-refractivity contribution in [1.82, 2.24) is 15.6 Å². The molecule has 7 nitrogen and oxygen atoms in total. The van der Waals surface area contributed by atoms with Gasteiger partial charge in [0.1, 0.15) is 11.4 Å². The molecule has 1 heterocycles. The topological polar surface area (TPSA) is 115 Å². The van der Waals surface area contributed by atoms with Crippen molar-refractivity contribution in [3.63, 3.8) is 0 Å². The number of para-hydroxylation sites is 1. The van der Waals surface area contributed by atoms with Gasteiger partial charge in [-0.25, -0.2) is 0 Å². The van der Waals surface area contributed by atoms with Crippen molar-refractivity contribution in [2.75, 3.05) is 19.9 Å². The van der Waals surface area contributed by atoms with Crippen molar-refractivity contribution in [2.45, 2.75) is 18.9 Å². The minimum absolute atomic E-state index is 0.112. The molecule has 0 spiro atoms. The first-order valence-corrected chi connectivity index (χ1v) is 8.42. The maximum Gasteiger partial charge on any atom is 0.269 e. The van der Waals surface area contributed by atoms with Gasteiger partial charge in [-0.1, -0.05) is 18.2 Å². The second-order valence-corrected chi connectivity index (χ2v) is 6.13. The molecule has 0 aliphatic heterocycles. The molecule has 1 amide bonds. The summed E-state index contributed by atoms with van der Waals surface area (Å²) in [7, 11) is 3.31. The Balaban J connectivity index is 2.06. The van der Waals surface area contributed by atoms with Crippen molar-refractivity contribution in [2.24, 2.45) is 5.73 Å². The van der Waals surface area contributed by atoms with Gasteiger partial charge in [0.05, 0.1) is 12.8 Å². The number of pyridine rings is 1. The number of benzene rings is 1. The van der Waals surface area contributed by atoms with Gasteiger partial charge in [0, 0.05) is 47.9 Å². The number of nitrogen functional groups attached to an aromatic ring is 1. The number of amides is 1. The Hall–Kier alpha value is -3.22. The molecule has 7 heteroatoms. The standard InChI is InChI=1S/C19H23N5O2/c1-22-18(17(21)19(25)24-11-6-7-11)13-5-3-4-12(16(13)20)14-10-23-9-8-15(14)26-2/h3-5,8-11,22H,6-7,20-21H2,1-2H3,(H,24,25)/b18-17+. The zero-order valence-electron chi connectivity index (χ0n) is 14.9. The van der Waals surface area contributed by atoms with Crippen LogP contribution in [0.25, 0.3) is 16.8 Å². The number of aromatic nitrogens is 1. The normalized spacial score (nSPS) is 14.4. The van der Waals surface area contributed by atoms with Crippen LogP contribution in [0.15, 0.2) is 42.4 Å². The largest absolute Gasteiger partial charge is 0.496 e. The summed E-state index contributed by atoms with van der Waals surface area (Å²) in [5.74, 6) is 0.374. The van der Waals surface area contributed by atoms with Crippen LogP contribution in [0.2, 0.25) is 0 Å². The molecule has 1 aliphatic rings. The summed E-state index contributed by atoms with van der Waals surface area (Å²) < 4.78 is 5.41. The molecular weight excluding hydrogens is 330 g/mol. The van der Waals surface area contributed by atoms with Crippen molar-refractivity contribution >= 4 is 17.3 Å². The zero-order valence-corrected chi connectivity index (χ0v) is 14.9. The Morgan fingerprint density at radius 1 is 1.27 bits per heavy atom. The van der Waals surface area contributed by atoms with Crippen LogP contribution in [-0.4, -0.2) is 31.1 Å². The third-order valence-electron chi connectivity index (χ3n) is 4.34. The number of rotatable bonds is 6. The van der Waals surface area contributed by atoms with Gasteiger partial charge in [0.15, 0.2) is 0 Å². The number of anilines is 1. The van der Waals surface area contributed by atoms with Gasteiger partial charge in [-0.2, -0.15) is 0 Å². The van der Waals surface area contributed by atoms with Crippen molar-refractivity contribution in [3.8, 4) is 16.9 Å². The van der Waals surface area contributed by atoms with Crippen LogP contribution in [0.4, 0.5) is 5.69 Å². The lowest BCUT2D eigenvalue weighted by Crippen LogP contribution is -2.32. The molecule has 1 fully saturated rings. The second kappa shape index (κ2) is 7.35. The van der Waals surface area contributed by atoms with Crippen molar-refractivity contribution < 1.29 is 9.53 Å². The van der Waals surface area contributed by atoms with E-state index in [9.17, 15) is 4.79 Å². The Morgan fingerprint density at radius 3 is 2.69 bits per heavy atom. The lowest BCUT2D eigenvalue weighted by atomic mass is 9.98. The molecular formula is C19H23N5O2. The molecule has 0 bridgehead atoms. The van der Waals surface area contributed by atoms with Crippen molar-refractivity contribution in [3.05, 3.63) is 47.9 Å². The van der Waals surface area contributed by atoms with E-state index in [1.807, 2.05) is 18.2 Å². The van der Waals surface area contributed by atoms with E-state index in [4.69, 9.17) is 16.2 Å². The van der Waals surface area contributed by atoms with E-state index in [-0.39, 0.29) is 17.6 Å². The average molecular weight is 353 g/mol. The molecule has 0 unspecified atom stereocenters. The first kappa shape index (κ1) is 17.6. The minimum atomic E-state index is -0.291. The third kappa shape index (κ3) is 3.42. The first-order valence-electron chi connectivity index (χ1n) is 8.42. The monoisotopic (exact) mass is 353 g/mol. The van der Waals surface area contributed by atoms with Gasteiger partial charge in [-0.05, 0) is 18.9 Å². The fraction of sp³-hybridized carbons (Fsp3) is 0.263. The predicted octanol–water partition coefficient (Wildman–Crippen LogP) is 1.46. The highest BCUT2D eigenvalue weighted by molar-refractivity contribution is 6.02. The fourth-order valence-corrected chi connectivity index (χ4v) is 2.80. The fourth-order valence-electron chi connectivity index (χ4n) is 2.80. The number of ether oxygens (including phenoxy) is 1. The summed E-state index contributed by atoms with van der Waals surface area (Å²) in [6.07, 6.45) is 5.33. The zero-order chi connectivity index (χ0) is 18.7. The molecule has 2 aromatic rings. The minimum Gasteiger partial charge on any atom is -0.496 e. The number of carbonyl (C=O) groups is 1. The molecule has 6 N–H and O–H groups in total. The summed E-state index contributed by atoms with van der Waals surface area (Å²) >= 11 is 0. The Bertz CT molecular complexity index is 859. The van der Waals surface area contributed by atoms with E-state index >= 15 is 0 Å². The molecule has 0 radical (unpaired) electrons. The third-order valence-corrected chi connectivity index (χ3v) is 4.34. The quantitative estimate of drug-likeness (QED) is 0.462. The lowest BCUT2D eigenvalue weighted by molar-refractivity contribution is -0.117.